The molecule has 0 aliphatic heterocycles. The van der Waals surface area contributed by atoms with Gasteiger partial charge in [-0.2, -0.15) is 0 Å². The van der Waals surface area contributed by atoms with Gasteiger partial charge in [0.2, 0.25) is 5.75 Å². The fourth-order valence-electron chi connectivity index (χ4n) is 2.05. The zero-order valence-electron chi connectivity index (χ0n) is 12.1. The summed E-state index contributed by atoms with van der Waals surface area (Å²) >= 11 is 1.64. The van der Waals surface area contributed by atoms with Crippen LogP contribution in [0.3, 0.4) is 0 Å². The molecule has 0 atom stereocenters. The summed E-state index contributed by atoms with van der Waals surface area (Å²) in [5.74, 6) is 2.16. The molecule has 0 fully saturated rings. The summed E-state index contributed by atoms with van der Waals surface area (Å²) in [6.07, 6.45) is 4.99. The molecule has 0 saturated heterocycles. The summed E-state index contributed by atoms with van der Waals surface area (Å²) in [5.41, 5.74) is 6.68. The average Bonchev–Trinajstić information content (AvgIpc) is 2.45. The van der Waals surface area contributed by atoms with Crippen molar-refractivity contribution in [2.75, 3.05) is 34.1 Å². The molecular formula is C14H23NO3S. The third kappa shape index (κ3) is 3.70. The Bertz CT molecular complexity index is 410. The first-order chi connectivity index (χ1) is 9.23. The molecule has 1 rings (SSSR count). The maximum absolute atomic E-state index is 5.54. The highest BCUT2D eigenvalue weighted by molar-refractivity contribution is 7.98. The van der Waals surface area contributed by atoms with Gasteiger partial charge in [-0.3, -0.25) is 0 Å². The Morgan fingerprint density at radius 3 is 2.11 bits per heavy atom. The number of aryl methyl sites for hydroxylation is 1. The van der Waals surface area contributed by atoms with Gasteiger partial charge in [-0.15, -0.1) is 11.8 Å². The smallest absolute Gasteiger partial charge is 0.204 e. The quantitative estimate of drug-likeness (QED) is 0.588. The number of nitrogens with two attached hydrogens (primary N) is 1. The van der Waals surface area contributed by atoms with Crippen molar-refractivity contribution in [2.45, 2.75) is 24.2 Å². The van der Waals surface area contributed by atoms with Gasteiger partial charge in [0.15, 0.2) is 11.5 Å². The minimum Gasteiger partial charge on any atom is -0.492 e. The number of hydrogen-bond acceptors (Lipinski definition) is 5. The van der Waals surface area contributed by atoms with Crippen LogP contribution in [0.15, 0.2) is 11.0 Å². The van der Waals surface area contributed by atoms with Gasteiger partial charge in [0, 0.05) is 0 Å². The molecular weight excluding hydrogens is 262 g/mol. The van der Waals surface area contributed by atoms with Crippen molar-refractivity contribution < 1.29 is 14.2 Å². The zero-order chi connectivity index (χ0) is 14.3. The van der Waals surface area contributed by atoms with Crippen LogP contribution in [-0.2, 0) is 6.42 Å². The second-order valence-electron chi connectivity index (χ2n) is 4.08. The van der Waals surface area contributed by atoms with Crippen molar-refractivity contribution in [1.82, 2.24) is 0 Å². The van der Waals surface area contributed by atoms with E-state index in [1.54, 1.807) is 33.1 Å². The van der Waals surface area contributed by atoms with Gasteiger partial charge < -0.3 is 19.9 Å². The fraction of sp³-hybridized carbons (Fsp3) is 0.571. The predicted molar refractivity (Wildman–Crippen MR) is 79.9 cm³/mol. The highest BCUT2D eigenvalue weighted by atomic mass is 32.2. The molecule has 5 heteroatoms. The van der Waals surface area contributed by atoms with E-state index >= 15 is 0 Å². The van der Waals surface area contributed by atoms with Crippen molar-refractivity contribution in [3.05, 3.63) is 11.6 Å². The third-order valence-electron chi connectivity index (χ3n) is 2.97. The first-order valence-corrected chi connectivity index (χ1v) is 7.51. The van der Waals surface area contributed by atoms with E-state index in [1.807, 2.05) is 6.26 Å². The van der Waals surface area contributed by atoms with Gasteiger partial charge in [-0.1, -0.05) is 0 Å². The Kier molecular flexibility index (Phi) is 6.87. The predicted octanol–water partition coefficient (Wildman–Crippen LogP) is 2.72. The molecule has 0 bridgehead atoms. The Hall–Kier alpha value is -1.07. The van der Waals surface area contributed by atoms with E-state index in [0.717, 1.165) is 41.2 Å². The standard InChI is InChI=1S/C14H23NO3S/c1-16-12-10(7-5-6-8-15)9-11(19-4)13(17-2)14(12)18-3/h9H,5-8,15H2,1-4H3. The lowest BCUT2D eigenvalue weighted by molar-refractivity contribution is 0.317. The number of ether oxygens (including phenoxy) is 3. The molecule has 0 saturated carbocycles. The molecule has 0 aliphatic carbocycles. The van der Waals surface area contributed by atoms with Crippen molar-refractivity contribution in [3.63, 3.8) is 0 Å². The summed E-state index contributed by atoms with van der Waals surface area (Å²) < 4.78 is 16.4. The summed E-state index contributed by atoms with van der Waals surface area (Å²) in [7, 11) is 4.93. The molecule has 0 aliphatic rings. The summed E-state index contributed by atoms with van der Waals surface area (Å²) in [5, 5.41) is 0. The van der Waals surface area contributed by atoms with Crippen LogP contribution in [0.2, 0.25) is 0 Å². The molecule has 2 N–H and O–H groups in total. The van der Waals surface area contributed by atoms with Crippen LogP contribution < -0.4 is 19.9 Å². The molecule has 0 amide bonds. The molecule has 0 radical (unpaired) electrons. The molecule has 0 unspecified atom stereocenters. The van der Waals surface area contributed by atoms with E-state index in [-0.39, 0.29) is 0 Å². The first kappa shape index (κ1) is 16.0. The van der Waals surface area contributed by atoms with E-state index in [0.29, 0.717) is 12.3 Å². The zero-order valence-corrected chi connectivity index (χ0v) is 12.9. The lowest BCUT2D eigenvalue weighted by Gasteiger charge is -2.18. The van der Waals surface area contributed by atoms with Crippen LogP contribution in [0.5, 0.6) is 17.2 Å². The average molecular weight is 285 g/mol. The van der Waals surface area contributed by atoms with Crippen LogP contribution in [0.25, 0.3) is 0 Å². The molecule has 19 heavy (non-hydrogen) atoms. The topological polar surface area (TPSA) is 53.7 Å². The summed E-state index contributed by atoms with van der Waals surface area (Å²) in [4.78, 5) is 1.06. The van der Waals surface area contributed by atoms with Crippen molar-refractivity contribution in [1.29, 1.82) is 0 Å². The monoisotopic (exact) mass is 285 g/mol. The SMILES string of the molecule is COc1c(CCCCN)cc(SC)c(OC)c1OC. The molecule has 0 spiro atoms. The second-order valence-corrected chi connectivity index (χ2v) is 4.93. The first-order valence-electron chi connectivity index (χ1n) is 6.29. The normalized spacial score (nSPS) is 10.4. The van der Waals surface area contributed by atoms with Crippen molar-refractivity contribution in [2.24, 2.45) is 5.73 Å². The van der Waals surface area contributed by atoms with Crippen LogP contribution in [0.1, 0.15) is 18.4 Å². The number of hydrogen-bond donors (Lipinski definition) is 1. The number of thioether (sulfide) groups is 1. The number of unbranched alkanes of at least 4 members (excludes halogenated alkanes) is 1. The number of rotatable bonds is 8. The van der Waals surface area contributed by atoms with Crippen LogP contribution in [0, 0.1) is 0 Å². The third-order valence-corrected chi connectivity index (χ3v) is 3.71. The van der Waals surface area contributed by atoms with E-state index in [9.17, 15) is 0 Å². The van der Waals surface area contributed by atoms with E-state index in [4.69, 9.17) is 19.9 Å². The molecule has 1 aromatic carbocycles. The lowest BCUT2D eigenvalue weighted by atomic mass is 10.1. The summed E-state index contributed by atoms with van der Waals surface area (Å²) in [6.45, 7) is 0.713. The molecule has 4 nitrogen and oxygen atoms in total. The van der Waals surface area contributed by atoms with Crippen LogP contribution in [-0.4, -0.2) is 34.1 Å². The fourth-order valence-corrected chi connectivity index (χ4v) is 2.67. The Morgan fingerprint density at radius 1 is 1.00 bits per heavy atom. The number of benzene rings is 1. The van der Waals surface area contributed by atoms with Crippen LogP contribution >= 0.6 is 11.8 Å². The molecule has 0 heterocycles. The Labute approximate surface area is 119 Å². The minimum absolute atomic E-state index is 0.666. The maximum Gasteiger partial charge on any atom is 0.204 e. The maximum atomic E-state index is 5.54. The summed E-state index contributed by atoms with van der Waals surface area (Å²) in [6, 6.07) is 2.11. The van der Waals surface area contributed by atoms with Crippen molar-refractivity contribution in [3.8, 4) is 17.2 Å². The van der Waals surface area contributed by atoms with E-state index in [1.165, 1.54) is 0 Å². The highest BCUT2D eigenvalue weighted by Crippen LogP contribution is 2.46. The van der Waals surface area contributed by atoms with Gasteiger partial charge in [-0.05, 0) is 43.7 Å². The highest BCUT2D eigenvalue weighted by Gasteiger charge is 2.19. The Morgan fingerprint density at radius 2 is 1.63 bits per heavy atom. The number of methoxy groups -OCH3 is 3. The van der Waals surface area contributed by atoms with Gasteiger partial charge in [0.25, 0.3) is 0 Å². The van der Waals surface area contributed by atoms with Crippen molar-refractivity contribution >= 4 is 11.8 Å². The molecule has 0 aromatic heterocycles. The van der Waals surface area contributed by atoms with Gasteiger partial charge in [0.05, 0.1) is 26.2 Å². The lowest BCUT2D eigenvalue weighted by Crippen LogP contribution is -2.03. The van der Waals surface area contributed by atoms with Crippen LogP contribution in [0.4, 0.5) is 0 Å². The molecule has 1 aromatic rings. The van der Waals surface area contributed by atoms with Gasteiger partial charge in [0.1, 0.15) is 0 Å². The van der Waals surface area contributed by atoms with Gasteiger partial charge >= 0.3 is 0 Å². The minimum atomic E-state index is 0.666. The Balaban J connectivity index is 3.21. The second kappa shape index (κ2) is 8.17. The van der Waals surface area contributed by atoms with E-state index < -0.39 is 0 Å². The van der Waals surface area contributed by atoms with Gasteiger partial charge in [-0.25, -0.2) is 0 Å². The largest absolute Gasteiger partial charge is 0.492 e. The molecule has 108 valence electrons. The van der Waals surface area contributed by atoms with E-state index in [2.05, 4.69) is 6.07 Å².